The third-order valence-electron chi connectivity index (χ3n) is 3.09. The van der Waals surface area contributed by atoms with E-state index >= 15 is 0 Å². The number of rotatable bonds is 0. The zero-order chi connectivity index (χ0) is 10.5. The van der Waals surface area contributed by atoms with Crippen LogP contribution in [0.15, 0.2) is 12.1 Å². The first-order chi connectivity index (χ1) is 6.52. The van der Waals surface area contributed by atoms with Crippen LogP contribution in [0.1, 0.15) is 16.8 Å². The fourth-order valence-corrected chi connectivity index (χ4v) is 2.33. The SMILES string of the molecule is Cc1cc2c(C)c(C)n(C)c2cc1I. The molecule has 1 aromatic carbocycles. The molecule has 74 valence electrons. The van der Waals surface area contributed by atoms with Crippen LogP contribution in [0.2, 0.25) is 0 Å². The molecule has 0 amide bonds. The predicted octanol–water partition coefficient (Wildman–Crippen LogP) is 3.71. The minimum absolute atomic E-state index is 1.34. The minimum Gasteiger partial charge on any atom is -0.348 e. The molecule has 0 aliphatic carbocycles. The van der Waals surface area contributed by atoms with E-state index in [9.17, 15) is 0 Å². The summed E-state index contributed by atoms with van der Waals surface area (Å²) < 4.78 is 3.61. The van der Waals surface area contributed by atoms with Gasteiger partial charge in [0.2, 0.25) is 0 Å². The lowest BCUT2D eigenvalue weighted by molar-refractivity contribution is 0.910. The highest BCUT2D eigenvalue weighted by molar-refractivity contribution is 14.1. The Kier molecular flexibility index (Phi) is 2.33. The van der Waals surface area contributed by atoms with E-state index in [1.165, 1.54) is 31.3 Å². The number of benzene rings is 1. The fourth-order valence-electron chi connectivity index (χ4n) is 1.88. The number of aromatic nitrogens is 1. The second-order valence-corrected chi connectivity index (χ2v) is 5.05. The first kappa shape index (κ1) is 10.0. The third-order valence-corrected chi connectivity index (χ3v) is 4.25. The van der Waals surface area contributed by atoms with E-state index in [-0.39, 0.29) is 0 Å². The molecule has 0 atom stereocenters. The van der Waals surface area contributed by atoms with Gasteiger partial charge in [-0.15, -0.1) is 0 Å². The maximum Gasteiger partial charge on any atom is 0.0493 e. The van der Waals surface area contributed by atoms with Gasteiger partial charge in [-0.1, -0.05) is 0 Å². The van der Waals surface area contributed by atoms with Gasteiger partial charge >= 0.3 is 0 Å². The van der Waals surface area contributed by atoms with Crippen molar-refractivity contribution in [2.24, 2.45) is 7.05 Å². The Morgan fingerprint density at radius 3 is 2.43 bits per heavy atom. The van der Waals surface area contributed by atoms with Crippen molar-refractivity contribution in [3.05, 3.63) is 32.5 Å². The molecule has 1 nitrogen and oxygen atoms in total. The standard InChI is InChI=1S/C12H14IN/c1-7-5-10-8(2)9(3)14(4)12(10)6-11(7)13/h5-6H,1-4H3. The van der Waals surface area contributed by atoms with Gasteiger partial charge in [0.15, 0.2) is 0 Å². The molecular weight excluding hydrogens is 285 g/mol. The van der Waals surface area contributed by atoms with Gasteiger partial charge in [-0.2, -0.15) is 0 Å². The lowest BCUT2D eigenvalue weighted by atomic mass is 10.1. The molecule has 0 bridgehead atoms. The molecule has 0 saturated carbocycles. The van der Waals surface area contributed by atoms with Gasteiger partial charge in [0.25, 0.3) is 0 Å². The molecule has 0 N–H and O–H groups in total. The summed E-state index contributed by atoms with van der Waals surface area (Å²) in [6.45, 7) is 6.55. The lowest BCUT2D eigenvalue weighted by Crippen LogP contribution is -1.90. The van der Waals surface area contributed by atoms with E-state index in [0.29, 0.717) is 0 Å². The Bertz CT molecular complexity index is 464. The van der Waals surface area contributed by atoms with Crippen LogP contribution in [0.3, 0.4) is 0 Å². The molecule has 1 aromatic heterocycles. The number of hydrogen-bond acceptors (Lipinski definition) is 0. The van der Waals surface area contributed by atoms with E-state index in [2.05, 4.69) is 67.1 Å². The van der Waals surface area contributed by atoms with Gasteiger partial charge in [-0.05, 0) is 66.6 Å². The van der Waals surface area contributed by atoms with Gasteiger partial charge in [-0.25, -0.2) is 0 Å². The van der Waals surface area contributed by atoms with Crippen molar-refractivity contribution in [3.63, 3.8) is 0 Å². The van der Waals surface area contributed by atoms with Crippen LogP contribution in [0, 0.1) is 24.3 Å². The molecule has 0 radical (unpaired) electrons. The molecule has 2 rings (SSSR count). The normalized spacial score (nSPS) is 11.2. The molecule has 0 spiro atoms. The van der Waals surface area contributed by atoms with E-state index in [1.807, 2.05) is 0 Å². The summed E-state index contributed by atoms with van der Waals surface area (Å²) in [6, 6.07) is 4.56. The molecule has 2 aromatic rings. The van der Waals surface area contributed by atoms with Crippen LogP contribution in [0.4, 0.5) is 0 Å². The Morgan fingerprint density at radius 2 is 1.79 bits per heavy atom. The highest BCUT2D eigenvalue weighted by atomic mass is 127. The Hall–Kier alpha value is -0.510. The van der Waals surface area contributed by atoms with E-state index in [0.717, 1.165) is 0 Å². The Labute approximate surface area is 98.3 Å². The van der Waals surface area contributed by atoms with Crippen molar-refractivity contribution >= 4 is 33.5 Å². The monoisotopic (exact) mass is 299 g/mol. The van der Waals surface area contributed by atoms with Crippen LogP contribution in [0.25, 0.3) is 10.9 Å². The molecule has 0 aliphatic rings. The zero-order valence-corrected chi connectivity index (χ0v) is 11.1. The highest BCUT2D eigenvalue weighted by Crippen LogP contribution is 2.27. The average Bonchev–Trinajstić information content (AvgIpc) is 2.34. The maximum absolute atomic E-state index is 2.40. The first-order valence-electron chi connectivity index (χ1n) is 4.74. The lowest BCUT2D eigenvalue weighted by Gasteiger charge is -2.01. The summed E-state index contributed by atoms with van der Waals surface area (Å²) in [5.74, 6) is 0. The molecule has 1 heterocycles. The van der Waals surface area contributed by atoms with Gasteiger partial charge < -0.3 is 4.57 Å². The highest BCUT2D eigenvalue weighted by Gasteiger charge is 2.09. The van der Waals surface area contributed by atoms with Crippen LogP contribution in [-0.4, -0.2) is 4.57 Å². The summed E-state index contributed by atoms with van der Waals surface area (Å²) in [6.07, 6.45) is 0. The van der Waals surface area contributed by atoms with Crippen LogP contribution in [-0.2, 0) is 7.05 Å². The van der Waals surface area contributed by atoms with E-state index in [1.54, 1.807) is 0 Å². The van der Waals surface area contributed by atoms with Gasteiger partial charge in [0.1, 0.15) is 0 Å². The molecule has 14 heavy (non-hydrogen) atoms. The number of aryl methyl sites for hydroxylation is 3. The molecule has 0 unspecified atom stereocenters. The van der Waals surface area contributed by atoms with Crippen molar-refractivity contribution in [1.29, 1.82) is 0 Å². The molecule has 0 fully saturated rings. The van der Waals surface area contributed by atoms with E-state index in [4.69, 9.17) is 0 Å². The molecule has 2 heteroatoms. The predicted molar refractivity (Wildman–Crippen MR) is 69.8 cm³/mol. The van der Waals surface area contributed by atoms with Crippen molar-refractivity contribution in [2.45, 2.75) is 20.8 Å². The number of hydrogen-bond donors (Lipinski definition) is 0. The van der Waals surface area contributed by atoms with Crippen molar-refractivity contribution < 1.29 is 0 Å². The number of halogens is 1. The molecule has 0 saturated heterocycles. The average molecular weight is 299 g/mol. The summed E-state index contributed by atoms with van der Waals surface area (Å²) in [5, 5.41) is 1.39. The summed E-state index contributed by atoms with van der Waals surface area (Å²) in [4.78, 5) is 0. The van der Waals surface area contributed by atoms with Crippen LogP contribution in [0.5, 0.6) is 0 Å². The van der Waals surface area contributed by atoms with Crippen molar-refractivity contribution in [2.75, 3.05) is 0 Å². The second kappa shape index (κ2) is 3.26. The summed E-state index contributed by atoms with van der Waals surface area (Å²) in [5.41, 5.74) is 5.48. The maximum atomic E-state index is 2.40. The van der Waals surface area contributed by atoms with E-state index < -0.39 is 0 Å². The first-order valence-corrected chi connectivity index (χ1v) is 5.82. The topological polar surface area (TPSA) is 4.93 Å². The smallest absolute Gasteiger partial charge is 0.0493 e. The quantitative estimate of drug-likeness (QED) is 0.654. The largest absolute Gasteiger partial charge is 0.348 e. The Morgan fingerprint density at radius 1 is 1.14 bits per heavy atom. The third kappa shape index (κ3) is 1.28. The van der Waals surface area contributed by atoms with Crippen LogP contribution < -0.4 is 0 Å². The zero-order valence-electron chi connectivity index (χ0n) is 8.98. The minimum atomic E-state index is 1.34. The summed E-state index contributed by atoms with van der Waals surface area (Å²) in [7, 11) is 2.13. The fraction of sp³-hybridized carbons (Fsp3) is 0.333. The van der Waals surface area contributed by atoms with Gasteiger partial charge in [-0.3, -0.25) is 0 Å². The number of fused-ring (bicyclic) bond motifs is 1. The van der Waals surface area contributed by atoms with Crippen LogP contribution >= 0.6 is 22.6 Å². The molecular formula is C12H14IN. The number of nitrogens with zero attached hydrogens (tertiary/aromatic N) is 1. The van der Waals surface area contributed by atoms with Crippen molar-refractivity contribution in [1.82, 2.24) is 4.57 Å². The second-order valence-electron chi connectivity index (χ2n) is 3.89. The summed E-state index contributed by atoms with van der Waals surface area (Å²) >= 11 is 2.40. The molecule has 0 aliphatic heterocycles. The van der Waals surface area contributed by atoms with Gasteiger partial charge in [0, 0.05) is 27.2 Å². The van der Waals surface area contributed by atoms with Gasteiger partial charge in [0.05, 0.1) is 0 Å². The van der Waals surface area contributed by atoms with Crippen molar-refractivity contribution in [3.8, 4) is 0 Å². The Balaban J connectivity index is 2.96.